The first kappa shape index (κ1) is 17.5. The van der Waals surface area contributed by atoms with Gasteiger partial charge in [0.05, 0.1) is 6.61 Å². The predicted molar refractivity (Wildman–Crippen MR) is 66.4 cm³/mol. The van der Waals surface area contributed by atoms with Gasteiger partial charge in [0.2, 0.25) is 0 Å². The summed E-state index contributed by atoms with van der Waals surface area (Å²) >= 11 is 0. The van der Waals surface area contributed by atoms with E-state index in [1.54, 1.807) is 6.92 Å². The van der Waals surface area contributed by atoms with Crippen molar-refractivity contribution in [3.8, 4) is 0 Å². The first-order valence-electron chi connectivity index (χ1n) is 6.11. The van der Waals surface area contributed by atoms with Gasteiger partial charge in [0.15, 0.2) is 0 Å². The summed E-state index contributed by atoms with van der Waals surface area (Å²) in [6.45, 7) is 6.71. The zero-order valence-corrected chi connectivity index (χ0v) is 11.2. The minimum atomic E-state index is -0.211. The second kappa shape index (κ2) is 14.1. The Morgan fingerprint density at radius 1 is 0.875 bits per heavy atom. The fourth-order valence-electron chi connectivity index (χ4n) is 1.26. The van der Waals surface area contributed by atoms with Crippen molar-refractivity contribution >= 4 is 11.8 Å². The molecule has 0 aromatic rings. The van der Waals surface area contributed by atoms with Gasteiger partial charge >= 0.3 is 5.97 Å². The first-order chi connectivity index (χ1) is 7.50. The van der Waals surface area contributed by atoms with E-state index in [-0.39, 0.29) is 11.8 Å². The van der Waals surface area contributed by atoms with Crippen LogP contribution in [-0.2, 0) is 14.3 Å². The summed E-state index contributed by atoms with van der Waals surface area (Å²) in [6.07, 6.45) is 9.00. The van der Waals surface area contributed by atoms with Crippen molar-refractivity contribution in [2.45, 2.75) is 66.2 Å². The lowest BCUT2D eigenvalue weighted by molar-refractivity contribution is -0.140. The Morgan fingerprint density at radius 2 is 1.12 bits per heavy atom. The molecule has 0 aromatic heterocycles. The number of ketones is 1. The van der Waals surface area contributed by atoms with Crippen molar-refractivity contribution in [3.05, 3.63) is 0 Å². The van der Waals surface area contributed by atoms with Crippen molar-refractivity contribution in [2.24, 2.45) is 0 Å². The van der Waals surface area contributed by atoms with Gasteiger partial charge in [0.1, 0.15) is 5.78 Å². The maximum Gasteiger partial charge on any atom is 0.302 e. The van der Waals surface area contributed by atoms with Crippen LogP contribution in [0.1, 0.15) is 66.2 Å². The molecule has 96 valence electrons. The van der Waals surface area contributed by atoms with Gasteiger partial charge in [-0.05, 0) is 20.8 Å². The number of hydrogen-bond donors (Lipinski definition) is 0. The van der Waals surface area contributed by atoms with Crippen LogP contribution in [0.4, 0.5) is 0 Å². The molecule has 0 spiro atoms. The summed E-state index contributed by atoms with van der Waals surface area (Å²) in [5.41, 5.74) is 0. The molecule has 0 bridgehead atoms. The number of rotatable bonds is 1. The van der Waals surface area contributed by atoms with Crippen molar-refractivity contribution in [1.82, 2.24) is 0 Å². The summed E-state index contributed by atoms with van der Waals surface area (Å²) in [5.74, 6) is -0.0440. The van der Waals surface area contributed by atoms with Gasteiger partial charge in [-0.1, -0.05) is 38.5 Å². The molecule has 0 radical (unpaired) electrons. The highest BCUT2D eigenvalue weighted by Gasteiger charge is 1.95. The third kappa shape index (κ3) is 29.2. The monoisotopic (exact) mass is 230 g/mol. The molecule has 1 rings (SSSR count). The average molecular weight is 230 g/mol. The van der Waals surface area contributed by atoms with Crippen LogP contribution < -0.4 is 0 Å². The number of ether oxygens (including phenoxy) is 1. The highest BCUT2D eigenvalue weighted by atomic mass is 16.5. The lowest BCUT2D eigenvalue weighted by Crippen LogP contribution is -1.95. The molecule has 1 aliphatic rings. The van der Waals surface area contributed by atoms with Crippen LogP contribution in [0.5, 0.6) is 0 Å². The molecule has 1 saturated carbocycles. The predicted octanol–water partition coefficient (Wildman–Crippen LogP) is 3.51. The molecular formula is C13H26O3. The first-order valence-corrected chi connectivity index (χ1v) is 6.11. The van der Waals surface area contributed by atoms with Crippen LogP contribution in [0.3, 0.4) is 0 Å². The standard InChI is InChI=1S/C6H12.C4H8O2.C3H6O/c1-2-4-6-5-3-1;1-3-6-4(2)5;1-3(2)4/h1-6H2;3H2,1-2H3;1-2H3. The molecule has 3 heteroatoms. The van der Waals surface area contributed by atoms with E-state index in [1.807, 2.05) is 0 Å². The molecule has 0 N–H and O–H groups in total. The van der Waals surface area contributed by atoms with Crippen molar-refractivity contribution in [2.75, 3.05) is 6.61 Å². The lowest BCUT2D eigenvalue weighted by Gasteiger charge is -2.05. The van der Waals surface area contributed by atoms with E-state index in [2.05, 4.69) is 4.74 Å². The number of esters is 1. The molecule has 0 atom stereocenters. The third-order valence-corrected chi connectivity index (χ3v) is 1.85. The Balaban J connectivity index is 0. The molecule has 0 amide bonds. The van der Waals surface area contributed by atoms with Gasteiger partial charge in [-0.2, -0.15) is 0 Å². The Hall–Kier alpha value is -0.860. The van der Waals surface area contributed by atoms with Gasteiger partial charge in [-0.3, -0.25) is 4.79 Å². The summed E-state index contributed by atoms with van der Waals surface area (Å²) in [6, 6.07) is 0. The van der Waals surface area contributed by atoms with Crippen LogP contribution in [-0.4, -0.2) is 18.4 Å². The molecule has 0 heterocycles. The molecule has 0 saturated heterocycles. The Bertz CT molecular complexity index is 157. The highest BCUT2D eigenvalue weighted by Crippen LogP contribution is 2.15. The average Bonchev–Trinajstić information content (AvgIpc) is 2.20. The van der Waals surface area contributed by atoms with Gasteiger partial charge in [0, 0.05) is 6.92 Å². The summed E-state index contributed by atoms with van der Waals surface area (Å²) < 4.78 is 4.40. The van der Waals surface area contributed by atoms with Gasteiger partial charge in [-0.25, -0.2) is 0 Å². The second-order valence-corrected chi connectivity index (χ2v) is 3.95. The van der Waals surface area contributed by atoms with Crippen LogP contribution in [0.25, 0.3) is 0 Å². The SMILES string of the molecule is C1CCCCC1.CC(C)=O.CCOC(C)=O. The number of carbonyl (C=O) groups is 2. The quantitative estimate of drug-likeness (QED) is 0.647. The zero-order valence-electron chi connectivity index (χ0n) is 11.2. The number of Topliss-reactive ketones (excluding diaryl/α,β-unsaturated/α-hetero) is 1. The van der Waals surface area contributed by atoms with E-state index in [4.69, 9.17) is 0 Å². The Kier molecular flexibility index (Phi) is 15.5. The Morgan fingerprint density at radius 3 is 1.19 bits per heavy atom. The van der Waals surface area contributed by atoms with E-state index in [9.17, 15) is 9.59 Å². The van der Waals surface area contributed by atoms with Crippen LogP contribution >= 0.6 is 0 Å². The third-order valence-electron chi connectivity index (χ3n) is 1.85. The molecule has 0 aliphatic heterocycles. The molecule has 0 unspecified atom stereocenters. The summed E-state index contributed by atoms with van der Waals surface area (Å²) in [5, 5.41) is 0. The van der Waals surface area contributed by atoms with Crippen LogP contribution in [0.15, 0.2) is 0 Å². The van der Waals surface area contributed by atoms with Crippen molar-refractivity contribution in [3.63, 3.8) is 0 Å². The lowest BCUT2D eigenvalue weighted by atomic mass is 10.0. The minimum Gasteiger partial charge on any atom is -0.466 e. The van der Waals surface area contributed by atoms with Gasteiger partial charge in [-0.15, -0.1) is 0 Å². The molecule has 3 nitrogen and oxygen atoms in total. The van der Waals surface area contributed by atoms with Crippen LogP contribution in [0, 0.1) is 0 Å². The highest BCUT2D eigenvalue weighted by molar-refractivity contribution is 5.72. The second-order valence-electron chi connectivity index (χ2n) is 3.95. The van der Waals surface area contributed by atoms with E-state index >= 15 is 0 Å². The fourth-order valence-corrected chi connectivity index (χ4v) is 1.26. The molecule has 1 aliphatic carbocycles. The number of hydrogen-bond acceptors (Lipinski definition) is 3. The fraction of sp³-hybridized carbons (Fsp3) is 0.846. The zero-order chi connectivity index (χ0) is 12.8. The molecule has 0 aromatic carbocycles. The van der Waals surface area contributed by atoms with E-state index in [1.165, 1.54) is 59.3 Å². The topological polar surface area (TPSA) is 43.4 Å². The normalized spacial score (nSPS) is 13.5. The maximum atomic E-state index is 9.82. The van der Waals surface area contributed by atoms with Crippen molar-refractivity contribution in [1.29, 1.82) is 0 Å². The molecule has 1 fully saturated rings. The summed E-state index contributed by atoms with van der Waals surface area (Å²) in [7, 11) is 0. The molecule has 16 heavy (non-hydrogen) atoms. The van der Waals surface area contributed by atoms with Crippen LogP contribution in [0.2, 0.25) is 0 Å². The number of carbonyl (C=O) groups excluding carboxylic acids is 2. The smallest absolute Gasteiger partial charge is 0.302 e. The van der Waals surface area contributed by atoms with E-state index in [0.717, 1.165) is 0 Å². The summed E-state index contributed by atoms with van der Waals surface area (Å²) in [4.78, 5) is 19.3. The Labute approximate surface area is 99.6 Å². The van der Waals surface area contributed by atoms with E-state index in [0.29, 0.717) is 6.61 Å². The minimum absolute atomic E-state index is 0.167. The maximum absolute atomic E-state index is 9.82. The van der Waals surface area contributed by atoms with Crippen molar-refractivity contribution < 1.29 is 14.3 Å². The largest absolute Gasteiger partial charge is 0.466 e. The van der Waals surface area contributed by atoms with E-state index < -0.39 is 0 Å². The van der Waals surface area contributed by atoms with Gasteiger partial charge in [0.25, 0.3) is 0 Å². The molecular weight excluding hydrogens is 204 g/mol. The van der Waals surface area contributed by atoms with Gasteiger partial charge < -0.3 is 9.53 Å².